The minimum atomic E-state index is -0.0679. The summed E-state index contributed by atoms with van der Waals surface area (Å²) >= 11 is 0. The first-order valence-electron chi connectivity index (χ1n) is 4.44. The van der Waals surface area contributed by atoms with Crippen molar-refractivity contribution >= 4 is 5.78 Å². The van der Waals surface area contributed by atoms with Crippen molar-refractivity contribution in [1.29, 1.82) is 0 Å². The molecule has 1 aromatic heterocycles. The molecule has 0 aliphatic rings. The number of hydrogen-bond acceptors (Lipinski definition) is 3. The third-order valence-electron chi connectivity index (χ3n) is 2.08. The topological polar surface area (TPSA) is 42.9 Å². The maximum atomic E-state index is 11.2. The second kappa shape index (κ2) is 4.12. The van der Waals surface area contributed by atoms with Crippen LogP contribution in [0.15, 0.2) is 12.4 Å². The molecule has 1 atom stereocenters. The molecule has 0 aliphatic heterocycles. The summed E-state index contributed by atoms with van der Waals surface area (Å²) in [5.41, 5.74) is 1.74. The minimum absolute atomic E-state index is 0.0679. The Kier molecular flexibility index (Phi) is 3.12. The van der Waals surface area contributed by atoms with Gasteiger partial charge in [0.05, 0.1) is 11.6 Å². The highest BCUT2D eigenvalue weighted by atomic mass is 16.1. The first-order valence-corrected chi connectivity index (χ1v) is 4.44. The molecule has 1 heterocycles. The van der Waals surface area contributed by atoms with Crippen LogP contribution in [0.5, 0.6) is 0 Å². The lowest BCUT2D eigenvalue weighted by Gasteiger charge is -2.09. The van der Waals surface area contributed by atoms with E-state index in [1.165, 1.54) is 6.33 Å². The molecule has 0 bridgehead atoms. The van der Waals surface area contributed by atoms with Crippen LogP contribution in [-0.2, 0) is 4.79 Å². The number of ketones is 1. The van der Waals surface area contributed by atoms with E-state index in [4.69, 9.17) is 0 Å². The zero-order chi connectivity index (χ0) is 9.84. The standard InChI is InChI=1S/C10H14N2O/c1-4-9(8(3)13)10-5-7(2)11-6-12-10/h5-6,9H,4H2,1-3H3. The quantitative estimate of drug-likeness (QED) is 0.709. The monoisotopic (exact) mass is 178 g/mol. The summed E-state index contributed by atoms with van der Waals surface area (Å²) in [6.45, 7) is 5.49. The number of hydrogen-bond donors (Lipinski definition) is 0. The van der Waals surface area contributed by atoms with Crippen LogP contribution in [0.4, 0.5) is 0 Å². The Hall–Kier alpha value is -1.25. The molecule has 0 amide bonds. The normalized spacial score (nSPS) is 12.5. The van der Waals surface area contributed by atoms with Gasteiger partial charge in [-0.1, -0.05) is 6.92 Å². The number of nitrogens with zero attached hydrogens (tertiary/aromatic N) is 2. The smallest absolute Gasteiger partial charge is 0.138 e. The molecule has 70 valence electrons. The van der Waals surface area contributed by atoms with Crippen molar-refractivity contribution in [3.05, 3.63) is 23.8 Å². The first kappa shape index (κ1) is 9.84. The van der Waals surface area contributed by atoms with Crippen LogP contribution in [0.1, 0.15) is 37.6 Å². The zero-order valence-electron chi connectivity index (χ0n) is 8.24. The van der Waals surface area contributed by atoms with E-state index in [9.17, 15) is 4.79 Å². The zero-order valence-corrected chi connectivity index (χ0v) is 8.24. The van der Waals surface area contributed by atoms with E-state index in [1.807, 2.05) is 19.9 Å². The van der Waals surface area contributed by atoms with Crippen LogP contribution in [-0.4, -0.2) is 15.8 Å². The molecule has 0 spiro atoms. The highest BCUT2D eigenvalue weighted by Gasteiger charge is 2.15. The van der Waals surface area contributed by atoms with E-state index >= 15 is 0 Å². The van der Waals surface area contributed by atoms with Gasteiger partial charge in [0.2, 0.25) is 0 Å². The number of aromatic nitrogens is 2. The van der Waals surface area contributed by atoms with Gasteiger partial charge in [0, 0.05) is 5.69 Å². The van der Waals surface area contributed by atoms with E-state index in [0.29, 0.717) is 0 Å². The molecule has 1 unspecified atom stereocenters. The average Bonchev–Trinajstić information content (AvgIpc) is 2.04. The van der Waals surface area contributed by atoms with E-state index in [1.54, 1.807) is 6.92 Å². The number of rotatable bonds is 3. The number of carbonyl (C=O) groups excluding carboxylic acids is 1. The third kappa shape index (κ3) is 2.34. The average molecular weight is 178 g/mol. The second-order valence-corrected chi connectivity index (χ2v) is 3.16. The highest BCUT2D eigenvalue weighted by Crippen LogP contribution is 2.17. The molecule has 0 aromatic carbocycles. The van der Waals surface area contributed by atoms with Crippen molar-refractivity contribution in [2.75, 3.05) is 0 Å². The van der Waals surface area contributed by atoms with Crippen LogP contribution in [0.25, 0.3) is 0 Å². The lowest BCUT2D eigenvalue weighted by atomic mass is 9.98. The summed E-state index contributed by atoms with van der Waals surface area (Å²) in [7, 11) is 0. The Balaban J connectivity index is 2.98. The van der Waals surface area contributed by atoms with Crippen molar-refractivity contribution in [3.8, 4) is 0 Å². The Bertz CT molecular complexity index is 310. The van der Waals surface area contributed by atoms with Crippen molar-refractivity contribution in [3.63, 3.8) is 0 Å². The number of aryl methyl sites for hydroxylation is 1. The van der Waals surface area contributed by atoms with Gasteiger partial charge < -0.3 is 0 Å². The fraction of sp³-hybridized carbons (Fsp3) is 0.500. The van der Waals surface area contributed by atoms with Gasteiger partial charge in [-0.3, -0.25) is 4.79 Å². The van der Waals surface area contributed by atoms with Crippen LogP contribution in [0.2, 0.25) is 0 Å². The van der Waals surface area contributed by atoms with E-state index in [0.717, 1.165) is 17.8 Å². The summed E-state index contributed by atoms with van der Waals surface area (Å²) in [5, 5.41) is 0. The number of Topliss-reactive ketones (excluding diaryl/α,β-unsaturated/α-hetero) is 1. The summed E-state index contributed by atoms with van der Waals surface area (Å²) in [6, 6.07) is 1.87. The predicted molar refractivity (Wildman–Crippen MR) is 50.5 cm³/mol. The summed E-state index contributed by atoms with van der Waals surface area (Å²) in [4.78, 5) is 19.3. The highest BCUT2D eigenvalue weighted by molar-refractivity contribution is 5.82. The molecule has 13 heavy (non-hydrogen) atoms. The second-order valence-electron chi connectivity index (χ2n) is 3.16. The lowest BCUT2D eigenvalue weighted by Crippen LogP contribution is -2.09. The summed E-state index contributed by atoms with van der Waals surface area (Å²) in [6.07, 6.45) is 2.31. The van der Waals surface area contributed by atoms with Gasteiger partial charge in [0.15, 0.2) is 0 Å². The Labute approximate surface area is 78.2 Å². The van der Waals surface area contributed by atoms with Gasteiger partial charge in [-0.05, 0) is 26.3 Å². The molecule has 1 rings (SSSR count). The number of carbonyl (C=O) groups is 1. The minimum Gasteiger partial charge on any atom is -0.299 e. The maximum Gasteiger partial charge on any atom is 0.138 e. The van der Waals surface area contributed by atoms with E-state index in [2.05, 4.69) is 9.97 Å². The van der Waals surface area contributed by atoms with Gasteiger partial charge in [-0.2, -0.15) is 0 Å². The van der Waals surface area contributed by atoms with Crippen LogP contribution >= 0.6 is 0 Å². The molecule has 0 saturated heterocycles. The molecule has 0 fully saturated rings. The van der Waals surface area contributed by atoms with Crippen LogP contribution in [0, 0.1) is 6.92 Å². The first-order chi connectivity index (χ1) is 6.15. The molecule has 1 aromatic rings. The van der Waals surface area contributed by atoms with Crippen LogP contribution in [0.3, 0.4) is 0 Å². The molecular formula is C10H14N2O. The van der Waals surface area contributed by atoms with Gasteiger partial charge in [-0.15, -0.1) is 0 Å². The lowest BCUT2D eigenvalue weighted by molar-refractivity contribution is -0.118. The van der Waals surface area contributed by atoms with Gasteiger partial charge in [0.25, 0.3) is 0 Å². The van der Waals surface area contributed by atoms with Gasteiger partial charge >= 0.3 is 0 Å². The van der Waals surface area contributed by atoms with Crippen molar-refractivity contribution in [2.24, 2.45) is 0 Å². The van der Waals surface area contributed by atoms with Crippen molar-refractivity contribution in [2.45, 2.75) is 33.1 Å². The largest absolute Gasteiger partial charge is 0.299 e. The molecule has 3 heteroatoms. The van der Waals surface area contributed by atoms with Crippen molar-refractivity contribution in [1.82, 2.24) is 9.97 Å². The van der Waals surface area contributed by atoms with Crippen molar-refractivity contribution < 1.29 is 4.79 Å². The van der Waals surface area contributed by atoms with E-state index in [-0.39, 0.29) is 11.7 Å². The summed E-state index contributed by atoms with van der Waals surface area (Å²) < 4.78 is 0. The van der Waals surface area contributed by atoms with Gasteiger partial charge in [-0.25, -0.2) is 9.97 Å². The Morgan fingerprint density at radius 2 is 2.23 bits per heavy atom. The van der Waals surface area contributed by atoms with Gasteiger partial charge in [0.1, 0.15) is 12.1 Å². The Morgan fingerprint density at radius 1 is 1.54 bits per heavy atom. The SMILES string of the molecule is CCC(C(C)=O)c1cc(C)ncn1. The molecule has 0 aliphatic carbocycles. The molecule has 0 saturated carbocycles. The molecule has 0 N–H and O–H groups in total. The molecule has 0 radical (unpaired) electrons. The van der Waals surface area contributed by atoms with Crippen LogP contribution < -0.4 is 0 Å². The maximum absolute atomic E-state index is 11.2. The fourth-order valence-electron chi connectivity index (χ4n) is 1.37. The Morgan fingerprint density at radius 3 is 2.69 bits per heavy atom. The van der Waals surface area contributed by atoms with E-state index < -0.39 is 0 Å². The molecular weight excluding hydrogens is 164 g/mol. The predicted octanol–water partition coefficient (Wildman–Crippen LogP) is 1.87. The fourth-order valence-corrected chi connectivity index (χ4v) is 1.37. The summed E-state index contributed by atoms with van der Waals surface area (Å²) in [5.74, 6) is 0.0994. The third-order valence-corrected chi connectivity index (χ3v) is 2.08. The molecule has 3 nitrogen and oxygen atoms in total.